The Balaban J connectivity index is 3.13. The van der Waals surface area contributed by atoms with Crippen LogP contribution < -0.4 is 10.8 Å². The van der Waals surface area contributed by atoms with Gasteiger partial charge in [-0.25, -0.2) is 4.98 Å². The summed E-state index contributed by atoms with van der Waals surface area (Å²) in [4.78, 5) is 26.0. The number of pyridine rings is 1. The first-order valence-electron chi connectivity index (χ1n) is 5.15. The monoisotopic (exact) mass is 281 g/mol. The second-order valence-corrected chi connectivity index (χ2v) is 5.17. The maximum absolute atomic E-state index is 11.6. The summed E-state index contributed by atoms with van der Waals surface area (Å²) in [6.45, 7) is 1.75. The Morgan fingerprint density at radius 1 is 1.74 bits per heavy atom. The van der Waals surface area contributed by atoms with E-state index < -0.39 is 19.0 Å². The van der Waals surface area contributed by atoms with Crippen LogP contribution in [0.3, 0.4) is 0 Å². The Morgan fingerprint density at radius 3 is 2.95 bits per heavy atom. The summed E-state index contributed by atoms with van der Waals surface area (Å²) in [5.41, 5.74) is 0.0880. The molecule has 0 spiro atoms. The van der Waals surface area contributed by atoms with Gasteiger partial charge in [0.25, 0.3) is 11.6 Å². The first-order valence-corrected chi connectivity index (χ1v) is 6.85. The van der Waals surface area contributed by atoms with Gasteiger partial charge in [0.15, 0.2) is 5.44 Å². The summed E-state index contributed by atoms with van der Waals surface area (Å²) in [5.74, 6) is 1.74. The minimum atomic E-state index is -1.19. The van der Waals surface area contributed by atoms with Crippen LogP contribution in [-0.2, 0) is 4.52 Å². The molecule has 0 radical (unpaired) electrons. The third kappa shape index (κ3) is 3.71. The Hall–Kier alpha value is -2.03. The van der Waals surface area contributed by atoms with Gasteiger partial charge in [-0.2, -0.15) is 0 Å². The molecular weight excluding hydrogens is 269 g/mol. The van der Waals surface area contributed by atoms with Crippen LogP contribution in [0.4, 0.5) is 5.69 Å². The highest BCUT2D eigenvalue weighted by atomic mass is 31.1. The Morgan fingerprint density at radius 2 is 2.42 bits per heavy atom. The lowest BCUT2D eigenvalue weighted by atomic mass is 10.2. The zero-order valence-corrected chi connectivity index (χ0v) is 11.3. The van der Waals surface area contributed by atoms with E-state index in [0.717, 1.165) is 0 Å². The van der Waals surface area contributed by atoms with Gasteiger partial charge in [-0.1, -0.05) is 5.92 Å². The van der Waals surface area contributed by atoms with Crippen molar-refractivity contribution in [1.29, 1.82) is 0 Å². The number of terminal acetylenes is 1. The highest BCUT2D eigenvalue weighted by molar-refractivity contribution is 7.60. The van der Waals surface area contributed by atoms with Gasteiger partial charge >= 0.3 is 0 Å². The standard InChI is InChI=1S/C11H12N3O4P/c1-4-5-12-10(15)8-6-9(14(16)17)11(13-7-8)19(3)18-2/h1,6-7H,5H2,2-3H3,(H,12,15). The van der Waals surface area contributed by atoms with Crippen molar-refractivity contribution in [2.75, 3.05) is 20.3 Å². The number of carbonyl (C=O) groups excluding carboxylic acids is 1. The molecule has 0 aromatic carbocycles. The van der Waals surface area contributed by atoms with Crippen molar-refractivity contribution < 1.29 is 14.2 Å². The molecule has 1 amide bonds. The van der Waals surface area contributed by atoms with E-state index in [1.807, 2.05) is 0 Å². The number of carbonyl (C=O) groups is 1. The van der Waals surface area contributed by atoms with Gasteiger partial charge in [-0.15, -0.1) is 6.42 Å². The molecule has 100 valence electrons. The quantitative estimate of drug-likeness (QED) is 0.370. The lowest BCUT2D eigenvalue weighted by Crippen LogP contribution is -2.25. The average molecular weight is 281 g/mol. The molecule has 1 atom stereocenters. The van der Waals surface area contributed by atoms with Crippen LogP contribution in [0.25, 0.3) is 0 Å². The second kappa shape index (κ2) is 6.78. The third-order valence-electron chi connectivity index (χ3n) is 2.23. The number of rotatable bonds is 5. The number of amides is 1. The van der Waals surface area contributed by atoms with Crippen molar-refractivity contribution in [3.63, 3.8) is 0 Å². The molecule has 0 aliphatic heterocycles. The van der Waals surface area contributed by atoms with E-state index in [1.54, 1.807) is 6.66 Å². The van der Waals surface area contributed by atoms with E-state index in [2.05, 4.69) is 16.2 Å². The number of aromatic nitrogens is 1. The Bertz CT molecular complexity index is 541. The topological polar surface area (TPSA) is 94.4 Å². The molecule has 8 heteroatoms. The lowest BCUT2D eigenvalue weighted by Gasteiger charge is -2.09. The fraction of sp³-hybridized carbons (Fsp3) is 0.273. The summed E-state index contributed by atoms with van der Waals surface area (Å²) in [7, 11) is 0.263. The summed E-state index contributed by atoms with van der Waals surface area (Å²) >= 11 is 0. The number of nitrogens with one attached hydrogen (secondary N) is 1. The lowest BCUT2D eigenvalue weighted by molar-refractivity contribution is -0.383. The van der Waals surface area contributed by atoms with Crippen molar-refractivity contribution in [3.8, 4) is 12.3 Å². The van der Waals surface area contributed by atoms with Gasteiger partial charge in [0, 0.05) is 19.4 Å². The molecule has 1 N–H and O–H groups in total. The molecule has 19 heavy (non-hydrogen) atoms. The number of hydrogen-bond acceptors (Lipinski definition) is 5. The van der Waals surface area contributed by atoms with Gasteiger partial charge in [0.1, 0.15) is 0 Å². The van der Waals surface area contributed by atoms with Crippen LogP contribution in [0.2, 0.25) is 0 Å². The van der Waals surface area contributed by atoms with Crippen molar-refractivity contribution >= 4 is 25.2 Å². The first kappa shape index (κ1) is 15.0. The van der Waals surface area contributed by atoms with E-state index >= 15 is 0 Å². The predicted molar refractivity (Wildman–Crippen MR) is 71.5 cm³/mol. The zero-order valence-electron chi connectivity index (χ0n) is 10.4. The normalized spacial score (nSPS) is 11.4. The van der Waals surface area contributed by atoms with Crippen LogP contribution in [-0.4, -0.2) is 36.1 Å². The van der Waals surface area contributed by atoms with E-state index in [-0.39, 0.29) is 23.2 Å². The SMILES string of the molecule is C#CCNC(=O)c1cnc(P(C)OC)c([N+](=O)[O-])c1. The summed E-state index contributed by atoms with van der Waals surface area (Å²) in [6.07, 6.45) is 6.28. The number of hydrogen-bond donors (Lipinski definition) is 1. The molecule has 0 saturated heterocycles. The van der Waals surface area contributed by atoms with E-state index in [9.17, 15) is 14.9 Å². The van der Waals surface area contributed by atoms with Crippen LogP contribution in [0, 0.1) is 22.5 Å². The molecule has 1 unspecified atom stereocenters. The van der Waals surface area contributed by atoms with Crippen molar-refractivity contribution in [2.45, 2.75) is 0 Å². The van der Waals surface area contributed by atoms with E-state index in [0.29, 0.717) is 0 Å². The van der Waals surface area contributed by atoms with E-state index in [1.165, 1.54) is 19.4 Å². The molecule has 1 rings (SSSR count). The molecule has 0 saturated carbocycles. The maximum Gasteiger partial charge on any atom is 0.298 e. The fourth-order valence-corrected chi connectivity index (χ4v) is 2.13. The Labute approximate surface area is 111 Å². The van der Waals surface area contributed by atoms with Crippen molar-refractivity contribution in [1.82, 2.24) is 10.3 Å². The van der Waals surface area contributed by atoms with Crippen LogP contribution >= 0.6 is 8.15 Å². The molecule has 0 aliphatic rings. The van der Waals surface area contributed by atoms with Gasteiger partial charge in [-0.05, 0) is 6.66 Å². The minimum Gasteiger partial charge on any atom is -0.356 e. The Kier molecular flexibility index (Phi) is 5.37. The molecule has 1 aromatic heterocycles. The van der Waals surface area contributed by atoms with Crippen LogP contribution in [0.15, 0.2) is 12.3 Å². The van der Waals surface area contributed by atoms with Gasteiger partial charge in [0.05, 0.1) is 25.2 Å². The highest BCUT2D eigenvalue weighted by Gasteiger charge is 2.23. The van der Waals surface area contributed by atoms with Crippen LogP contribution in [0.1, 0.15) is 10.4 Å². The molecule has 0 aliphatic carbocycles. The summed E-state index contributed by atoms with van der Waals surface area (Å²) in [6, 6.07) is 1.17. The van der Waals surface area contributed by atoms with Gasteiger partial charge in [-0.3, -0.25) is 14.9 Å². The van der Waals surface area contributed by atoms with Gasteiger partial charge in [0.2, 0.25) is 0 Å². The van der Waals surface area contributed by atoms with Crippen molar-refractivity contribution in [2.24, 2.45) is 0 Å². The highest BCUT2D eigenvalue weighted by Crippen LogP contribution is 2.32. The largest absolute Gasteiger partial charge is 0.356 e. The molecule has 0 fully saturated rings. The van der Waals surface area contributed by atoms with Gasteiger partial charge < -0.3 is 9.84 Å². The molecule has 0 bridgehead atoms. The summed E-state index contributed by atoms with van der Waals surface area (Å²) in [5, 5.41) is 13.4. The smallest absolute Gasteiger partial charge is 0.298 e. The van der Waals surface area contributed by atoms with E-state index in [4.69, 9.17) is 10.9 Å². The molecule has 7 nitrogen and oxygen atoms in total. The third-order valence-corrected chi connectivity index (χ3v) is 3.72. The fourth-order valence-electron chi connectivity index (χ4n) is 1.27. The van der Waals surface area contributed by atoms with Crippen LogP contribution in [0.5, 0.6) is 0 Å². The molecule has 1 aromatic rings. The first-order chi connectivity index (χ1) is 9.01. The number of nitrogens with zero attached hydrogens (tertiary/aromatic N) is 2. The zero-order chi connectivity index (χ0) is 14.4. The van der Waals surface area contributed by atoms with Crippen molar-refractivity contribution in [3.05, 3.63) is 27.9 Å². The predicted octanol–water partition coefficient (Wildman–Crippen LogP) is 0.651. The molecule has 1 heterocycles. The average Bonchev–Trinajstić information content (AvgIpc) is 2.43. The minimum absolute atomic E-state index is 0.0486. The molecular formula is C11H12N3O4P. The summed E-state index contributed by atoms with van der Waals surface area (Å²) < 4.78 is 5.06. The second-order valence-electron chi connectivity index (χ2n) is 3.39. The maximum atomic E-state index is 11.6. The number of nitro groups is 1.